The van der Waals surface area contributed by atoms with E-state index in [0.29, 0.717) is 16.3 Å². The van der Waals surface area contributed by atoms with Crippen LogP contribution in [0.3, 0.4) is 0 Å². The molecule has 2 aromatic carbocycles. The number of rotatable bonds is 4. The van der Waals surface area contributed by atoms with Crippen LogP contribution in [0.1, 0.15) is 29.7 Å². The zero-order chi connectivity index (χ0) is 14.7. The third kappa shape index (κ3) is 3.50. The van der Waals surface area contributed by atoms with Gasteiger partial charge in [0.15, 0.2) is 0 Å². The van der Waals surface area contributed by atoms with Gasteiger partial charge < -0.3 is 10.5 Å². The van der Waals surface area contributed by atoms with Gasteiger partial charge in [0.1, 0.15) is 18.2 Å². The van der Waals surface area contributed by atoms with Crippen molar-refractivity contribution in [2.45, 2.75) is 26.5 Å². The lowest BCUT2D eigenvalue weighted by molar-refractivity contribution is 0.301. The Labute approximate surface area is 123 Å². The average Bonchev–Trinajstić information content (AvgIpc) is 2.39. The molecule has 20 heavy (non-hydrogen) atoms. The van der Waals surface area contributed by atoms with Crippen LogP contribution in [0.15, 0.2) is 36.4 Å². The Kier molecular flexibility index (Phi) is 4.63. The molecule has 0 aliphatic heterocycles. The average molecular weight is 294 g/mol. The number of aryl methyl sites for hydroxylation is 1. The van der Waals surface area contributed by atoms with Crippen LogP contribution in [0.5, 0.6) is 5.75 Å². The van der Waals surface area contributed by atoms with Gasteiger partial charge in [-0.15, -0.1) is 0 Å². The molecule has 0 bridgehead atoms. The zero-order valence-corrected chi connectivity index (χ0v) is 12.2. The predicted octanol–water partition coefficient (Wildman–Crippen LogP) is 4.39. The lowest BCUT2D eigenvalue weighted by atomic mass is 10.1. The highest BCUT2D eigenvalue weighted by atomic mass is 35.5. The first-order chi connectivity index (χ1) is 9.47. The van der Waals surface area contributed by atoms with Gasteiger partial charge in [-0.25, -0.2) is 4.39 Å². The molecular weight excluding hydrogens is 277 g/mol. The smallest absolute Gasteiger partial charge is 0.124 e. The summed E-state index contributed by atoms with van der Waals surface area (Å²) in [6, 6.07) is 9.96. The van der Waals surface area contributed by atoms with Crippen LogP contribution in [0.2, 0.25) is 5.02 Å². The Bertz CT molecular complexity index is 613. The Balaban J connectivity index is 2.22. The minimum absolute atomic E-state index is 0.131. The van der Waals surface area contributed by atoms with Gasteiger partial charge in [0.2, 0.25) is 0 Å². The van der Waals surface area contributed by atoms with Gasteiger partial charge in [-0.05, 0) is 43.7 Å². The Morgan fingerprint density at radius 1 is 1.25 bits per heavy atom. The molecule has 2 rings (SSSR count). The highest BCUT2D eigenvalue weighted by molar-refractivity contribution is 6.31. The molecule has 4 heteroatoms. The summed E-state index contributed by atoms with van der Waals surface area (Å²) in [5.41, 5.74) is 8.53. The van der Waals surface area contributed by atoms with Crippen molar-refractivity contribution in [2.24, 2.45) is 5.73 Å². The largest absolute Gasteiger partial charge is 0.488 e. The fourth-order valence-electron chi connectivity index (χ4n) is 1.95. The number of benzene rings is 2. The van der Waals surface area contributed by atoms with Crippen molar-refractivity contribution in [2.75, 3.05) is 0 Å². The summed E-state index contributed by atoms with van der Waals surface area (Å²) in [5.74, 6) is 0.380. The monoisotopic (exact) mass is 293 g/mol. The predicted molar refractivity (Wildman–Crippen MR) is 79.5 cm³/mol. The molecule has 2 N–H and O–H groups in total. The zero-order valence-electron chi connectivity index (χ0n) is 11.5. The number of nitrogens with two attached hydrogens (primary N) is 1. The fraction of sp³-hybridized carbons (Fsp3) is 0.250. The van der Waals surface area contributed by atoms with Crippen molar-refractivity contribution in [3.8, 4) is 5.75 Å². The van der Waals surface area contributed by atoms with E-state index in [2.05, 4.69) is 0 Å². The molecule has 1 atom stereocenters. The molecule has 0 amide bonds. The summed E-state index contributed by atoms with van der Waals surface area (Å²) < 4.78 is 19.0. The van der Waals surface area contributed by atoms with Crippen LogP contribution in [-0.2, 0) is 6.61 Å². The summed E-state index contributed by atoms with van der Waals surface area (Å²) >= 11 is 6.02. The molecule has 0 aliphatic rings. The Morgan fingerprint density at radius 2 is 2.00 bits per heavy atom. The highest BCUT2D eigenvalue weighted by Crippen LogP contribution is 2.27. The summed E-state index contributed by atoms with van der Waals surface area (Å²) in [7, 11) is 0. The second-order valence-corrected chi connectivity index (χ2v) is 5.26. The van der Waals surface area contributed by atoms with Crippen LogP contribution < -0.4 is 10.5 Å². The number of halogens is 2. The van der Waals surface area contributed by atoms with Gasteiger partial charge >= 0.3 is 0 Å². The molecule has 0 saturated heterocycles. The quantitative estimate of drug-likeness (QED) is 0.907. The van der Waals surface area contributed by atoms with Crippen molar-refractivity contribution in [1.82, 2.24) is 0 Å². The van der Waals surface area contributed by atoms with Crippen LogP contribution in [0.4, 0.5) is 4.39 Å². The van der Waals surface area contributed by atoms with Crippen molar-refractivity contribution < 1.29 is 9.13 Å². The fourth-order valence-corrected chi connectivity index (χ4v) is 2.12. The molecule has 0 saturated carbocycles. The minimum Gasteiger partial charge on any atom is -0.488 e. The number of ether oxygens (including phenoxy) is 1. The van der Waals surface area contributed by atoms with E-state index < -0.39 is 0 Å². The summed E-state index contributed by atoms with van der Waals surface area (Å²) in [4.78, 5) is 0. The van der Waals surface area contributed by atoms with E-state index in [9.17, 15) is 4.39 Å². The van der Waals surface area contributed by atoms with Gasteiger partial charge in [-0.2, -0.15) is 0 Å². The first kappa shape index (κ1) is 14.8. The molecule has 0 radical (unpaired) electrons. The first-order valence-electron chi connectivity index (χ1n) is 6.40. The molecule has 0 fully saturated rings. The molecule has 0 unspecified atom stereocenters. The second kappa shape index (κ2) is 6.25. The van der Waals surface area contributed by atoms with Crippen LogP contribution >= 0.6 is 11.6 Å². The van der Waals surface area contributed by atoms with E-state index in [1.165, 1.54) is 18.2 Å². The molecule has 2 nitrogen and oxygen atoms in total. The second-order valence-electron chi connectivity index (χ2n) is 4.85. The molecule has 0 aliphatic carbocycles. The van der Waals surface area contributed by atoms with Crippen molar-refractivity contribution in [3.05, 3.63) is 63.9 Å². The van der Waals surface area contributed by atoms with Crippen LogP contribution in [-0.4, -0.2) is 0 Å². The topological polar surface area (TPSA) is 35.2 Å². The molecule has 0 spiro atoms. The van der Waals surface area contributed by atoms with Gasteiger partial charge in [-0.3, -0.25) is 0 Å². The number of hydrogen-bond donors (Lipinski definition) is 1. The Morgan fingerprint density at radius 3 is 2.70 bits per heavy atom. The molecule has 106 valence electrons. The van der Waals surface area contributed by atoms with E-state index in [4.69, 9.17) is 22.1 Å². The summed E-state index contributed by atoms with van der Waals surface area (Å²) in [6.45, 7) is 4.08. The maximum atomic E-state index is 13.2. The molecule has 0 aromatic heterocycles. The molecule has 2 aromatic rings. The van der Waals surface area contributed by atoms with Gasteiger partial charge in [0, 0.05) is 22.2 Å². The maximum Gasteiger partial charge on any atom is 0.124 e. The maximum absolute atomic E-state index is 13.2. The molecule has 0 heterocycles. The standard InChI is InChI=1S/C16H17ClFNO/c1-10-3-5-14(11(2)19)16(7-10)20-9-12-8-13(18)4-6-15(12)17/h3-8,11H,9,19H2,1-2H3/t11-/m1/s1. The first-order valence-corrected chi connectivity index (χ1v) is 6.78. The summed E-state index contributed by atoms with van der Waals surface area (Å²) in [5, 5.41) is 0.487. The van der Waals surface area contributed by atoms with Crippen molar-refractivity contribution in [3.63, 3.8) is 0 Å². The van der Waals surface area contributed by atoms with Crippen LogP contribution in [0, 0.1) is 12.7 Å². The normalized spacial score (nSPS) is 12.2. The Hall–Kier alpha value is -1.58. The summed E-state index contributed by atoms with van der Waals surface area (Å²) in [6.07, 6.45) is 0. The SMILES string of the molecule is Cc1ccc([C@@H](C)N)c(OCc2cc(F)ccc2Cl)c1. The van der Waals surface area contributed by atoms with Crippen LogP contribution in [0.25, 0.3) is 0 Å². The number of hydrogen-bond acceptors (Lipinski definition) is 2. The lowest BCUT2D eigenvalue weighted by Crippen LogP contribution is -2.08. The van der Waals surface area contributed by atoms with E-state index in [-0.39, 0.29) is 18.5 Å². The van der Waals surface area contributed by atoms with E-state index >= 15 is 0 Å². The highest BCUT2D eigenvalue weighted by Gasteiger charge is 2.10. The van der Waals surface area contributed by atoms with Gasteiger partial charge in [-0.1, -0.05) is 23.7 Å². The van der Waals surface area contributed by atoms with E-state index in [1.807, 2.05) is 32.0 Å². The third-order valence-electron chi connectivity index (χ3n) is 3.05. The van der Waals surface area contributed by atoms with Crippen molar-refractivity contribution >= 4 is 11.6 Å². The van der Waals surface area contributed by atoms with E-state index in [0.717, 1.165) is 11.1 Å². The molecular formula is C16H17ClFNO. The van der Waals surface area contributed by atoms with E-state index in [1.54, 1.807) is 0 Å². The third-order valence-corrected chi connectivity index (χ3v) is 3.42. The lowest BCUT2D eigenvalue weighted by Gasteiger charge is -2.15. The van der Waals surface area contributed by atoms with Crippen molar-refractivity contribution in [1.29, 1.82) is 0 Å². The van der Waals surface area contributed by atoms with Gasteiger partial charge in [0.05, 0.1) is 0 Å². The van der Waals surface area contributed by atoms with Gasteiger partial charge in [0.25, 0.3) is 0 Å². The minimum atomic E-state index is -0.329.